The van der Waals surface area contributed by atoms with Gasteiger partial charge in [-0.25, -0.2) is 4.98 Å². The van der Waals surface area contributed by atoms with E-state index < -0.39 is 0 Å². The second kappa shape index (κ2) is 8.77. The van der Waals surface area contributed by atoms with E-state index in [1.165, 1.54) is 0 Å². The molecule has 0 radical (unpaired) electrons. The quantitative estimate of drug-likeness (QED) is 0.376. The van der Waals surface area contributed by atoms with Crippen molar-refractivity contribution in [1.82, 2.24) is 9.88 Å². The average molecular weight is 450 g/mol. The molecule has 1 fully saturated rings. The van der Waals surface area contributed by atoms with Gasteiger partial charge in [-0.2, -0.15) is 0 Å². The van der Waals surface area contributed by atoms with Crippen molar-refractivity contribution < 1.29 is 9.21 Å². The van der Waals surface area contributed by atoms with Crippen molar-refractivity contribution in [1.29, 1.82) is 0 Å². The number of nitrogens with one attached hydrogen (secondary N) is 1. The maximum Gasteiger partial charge on any atom is 0.290 e. The molecule has 3 heterocycles. The highest BCUT2D eigenvalue weighted by molar-refractivity contribution is 8.00. The lowest BCUT2D eigenvalue weighted by molar-refractivity contribution is 0.0761. The van der Waals surface area contributed by atoms with Gasteiger partial charge in [-0.15, -0.1) is 11.3 Å². The van der Waals surface area contributed by atoms with Crippen LogP contribution < -0.4 is 5.32 Å². The number of nitrogens with zero attached hydrogens (tertiary/aromatic N) is 2. The minimum atomic E-state index is -0.0283. The van der Waals surface area contributed by atoms with Gasteiger partial charge in [0.05, 0.1) is 0 Å². The summed E-state index contributed by atoms with van der Waals surface area (Å²) in [7, 11) is 0. The fourth-order valence-corrected chi connectivity index (χ4v) is 5.80. The Balaban J connectivity index is 1.35. The molecular formula is C24H23N3O2S2. The summed E-state index contributed by atoms with van der Waals surface area (Å²) in [6.45, 7) is 3.39. The first kappa shape index (κ1) is 20.2. The third-order valence-corrected chi connectivity index (χ3v) is 7.62. The number of aryl methyl sites for hydroxylation is 1. The molecule has 0 spiro atoms. The fourth-order valence-electron chi connectivity index (χ4n) is 3.92. The second-order valence-corrected chi connectivity index (χ2v) is 9.78. The number of likely N-dealkylation sites (tertiary alicyclic amines) is 1. The summed E-state index contributed by atoms with van der Waals surface area (Å²) in [5, 5.41) is 6.58. The Morgan fingerprint density at radius 2 is 2.03 bits per heavy atom. The number of furan rings is 1. The van der Waals surface area contributed by atoms with Crippen LogP contribution in [0.5, 0.6) is 0 Å². The van der Waals surface area contributed by atoms with E-state index in [9.17, 15) is 4.79 Å². The molecule has 1 unspecified atom stereocenters. The maximum atomic E-state index is 13.4. The van der Waals surface area contributed by atoms with Crippen LogP contribution in [0.25, 0.3) is 11.0 Å². The molecule has 0 bridgehead atoms. The van der Waals surface area contributed by atoms with Gasteiger partial charge in [0.1, 0.15) is 9.92 Å². The zero-order valence-corrected chi connectivity index (χ0v) is 18.8. The molecule has 31 heavy (non-hydrogen) atoms. The number of benzene rings is 2. The smallest absolute Gasteiger partial charge is 0.290 e. The van der Waals surface area contributed by atoms with Crippen molar-refractivity contribution in [3.05, 3.63) is 77.0 Å². The number of aromatic nitrogens is 1. The van der Waals surface area contributed by atoms with E-state index in [0.717, 1.165) is 45.2 Å². The van der Waals surface area contributed by atoms with Crippen molar-refractivity contribution in [2.45, 2.75) is 29.5 Å². The summed E-state index contributed by atoms with van der Waals surface area (Å²) in [5.41, 5.74) is 3.82. The number of amides is 1. The molecule has 1 amide bonds. The van der Waals surface area contributed by atoms with Crippen LogP contribution in [-0.2, 0) is 5.75 Å². The molecule has 0 aliphatic carbocycles. The SMILES string of the molecule is Cc1csc(SCc2c(C(=O)N3CCC(Nc4ccccc4)C3)oc3ccccc23)n1. The number of carbonyl (C=O) groups excluding carboxylic acids is 1. The van der Waals surface area contributed by atoms with Crippen LogP contribution in [-0.4, -0.2) is 34.9 Å². The Hall–Kier alpha value is -2.77. The molecule has 1 N–H and O–H groups in total. The van der Waals surface area contributed by atoms with Gasteiger partial charge in [-0.1, -0.05) is 48.2 Å². The normalized spacial score (nSPS) is 16.2. The molecule has 0 saturated carbocycles. The number of rotatable bonds is 6. The monoisotopic (exact) mass is 449 g/mol. The molecule has 158 valence electrons. The van der Waals surface area contributed by atoms with E-state index >= 15 is 0 Å². The van der Waals surface area contributed by atoms with Crippen molar-refractivity contribution in [2.75, 3.05) is 18.4 Å². The van der Waals surface area contributed by atoms with Gasteiger partial charge < -0.3 is 14.6 Å². The van der Waals surface area contributed by atoms with Crippen molar-refractivity contribution in [3.8, 4) is 0 Å². The van der Waals surface area contributed by atoms with Crippen LogP contribution in [0, 0.1) is 6.92 Å². The fraction of sp³-hybridized carbons (Fsp3) is 0.250. The second-order valence-electron chi connectivity index (χ2n) is 7.70. The lowest BCUT2D eigenvalue weighted by Gasteiger charge is -2.17. The number of hydrogen-bond acceptors (Lipinski definition) is 6. The molecule has 4 aromatic rings. The van der Waals surface area contributed by atoms with Gasteiger partial charge in [-0.05, 0) is 31.5 Å². The first-order valence-electron chi connectivity index (χ1n) is 10.3. The first-order valence-corrected chi connectivity index (χ1v) is 12.2. The number of carbonyl (C=O) groups is 1. The Kier molecular flexibility index (Phi) is 5.70. The highest BCUT2D eigenvalue weighted by atomic mass is 32.2. The zero-order valence-electron chi connectivity index (χ0n) is 17.2. The minimum absolute atomic E-state index is 0.0283. The lowest BCUT2D eigenvalue weighted by atomic mass is 10.1. The van der Waals surface area contributed by atoms with Gasteiger partial charge in [-0.3, -0.25) is 4.79 Å². The molecule has 5 rings (SSSR count). The molecule has 1 saturated heterocycles. The van der Waals surface area contributed by atoms with E-state index in [-0.39, 0.29) is 11.9 Å². The van der Waals surface area contributed by atoms with Gasteiger partial charge in [0.15, 0.2) is 5.76 Å². The third-order valence-electron chi connectivity index (χ3n) is 5.45. The van der Waals surface area contributed by atoms with E-state index in [2.05, 4.69) is 22.4 Å². The number of hydrogen-bond donors (Lipinski definition) is 1. The molecule has 2 aromatic heterocycles. The van der Waals surface area contributed by atoms with Crippen LogP contribution >= 0.6 is 23.1 Å². The zero-order chi connectivity index (χ0) is 21.2. The van der Waals surface area contributed by atoms with Gasteiger partial charge in [0.2, 0.25) is 0 Å². The Morgan fingerprint density at radius 1 is 1.23 bits per heavy atom. The lowest BCUT2D eigenvalue weighted by Crippen LogP contribution is -2.31. The Morgan fingerprint density at radius 3 is 2.84 bits per heavy atom. The standard InChI is InChI=1S/C24H23N3O2S2/c1-16-14-30-24(25-16)31-15-20-19-9-5-6-10-21(19)29-22(20)23(28)27-12-11-18(13-27)26-17-7-3-2-4-8-17/h2-10,14,18,26H,11-13,15H2,1H3. The topological polar surface area (TPSA) is 58.4 Å². The third kappa shape index (κ3) is 4.34. The highest BCUT2D eigenvalue weighted by Gasteiger charge is 2.31. The van der Waals surface area contributed by atoms with Crippen LogP contribution in [0.2, 0.25) is 0 Å². The molecule has 5 nitrogen and oxygen atoms in total. The summed E-state index contributed by atoms with van der Waals surface area (Å²) in [5.74, 6) is 1.09. The highest BCUT2D eigenvalue weighted by Crippen LogP contribution is 2.34. The Bertz CT molecular complexity index is 1200. The molecule has 1 aliphatic rings. The van der Waals surface area contributed by atoms with E-state index in [0.29, 0.717) is 18.1 Å². The molecule has 1 aliphatic heterocycles. The Labute approximate surface area is 189 Å². The van der Waals surface area contributed by atoms with Gasteiger partial charge in [0.25, 0.3) is 5.91 Å². The maximum absolute atomic E-state index is 13.4. The number of para-hydroxylation sites is 2. The van der Waals surface area contributed by atoms with Crippen molar-refractivity contribution in [2.24, 2.45) is 0 Å². The molecule has 2 aromatic carbocycles. The van der Waals surface area contributed by atoms with Crippen LogP contribution in [0.4, 0.5) is 5.69 Å². The van der Waals surface area contributed by atoms with E-state index in [1.54, 1.807) is 23.1 Å². The first-order chi connectivity index (χ1) is 15.2. The predicted octanol–water partition coefficient (Wildman–Crippen LogP) is 5.82. The van der Waals surface area contributed by atoms with Crippen molar-refractivity contribution in [3.63, 3.8) is 0 Å². The van der Waals surface area contributed by atoms with Crippen LogP contribution in [0.3, 0.4) is 0 Å². The minimum Gasteiger partial charge on any atom is -0.451 e. The number of thioether (sulfide) groups is 1. The summed E-state index contributed by atoms with van der Waals surface area (Å²) in [6, 6.07) is 18.3. The molecular weight excluding hydrogens is 426 g/mol. The van der Waals surface area contributed by atoms with Crippen LogP contribution in [0.15, 0.2) is 68.7 Å². The van der Waals surface area contributed by atoms with E-state index in [1.807, 2.05) is 59.7 Å². The molecule has 7 heteroatoms. The van der Waals surface area contributed by atoms with Crippen LogP contribution in [0.1, 0.15) is 28.2 Å². The number of anilines is 1. The summed E-state index contributed by atoms with van der Waals surface area (Å²) in [4.78, 5) is 19.9. The number of thiazole rings is 1. The largest absolute Gasteiger partial charge is 0.451 e. The summed E-state index contributed by atoms with van der Waals surface area (Å²) in [6.07, 6.45) is 0.920. The average Bonchev–Trinajstić information content (AvgIpc) is 3.51. The van der Waals surface area contributed by atoms with Crippen molar-refractivity contribution >= 4 is 45.7 Å². The summed E-state index contributed by atoms with van der Waals surface area (Å²) >= 11 is 3.29. The summed E-state index contributed by atoms with van der Waals surface area (Å²) < 4.78 is 7.09. The van der Waals surface area contributed by atoms with E-state index in [4.69, 9.17) is 4.42 Å². The number of fused-ring (bicyclic) bond motifs is 1. The van der Waals surface area contributed by atoms with Gasteiger partial charge in [0, 0.05) is 52.6 Å². The molecule has 1 atom stereocenters. The van der Waals surface area contributed by atoms with Gasteiger partial charge >= 0.3 is 0 Å². The predicted molar refractivity (Wildman–Crippen MR) is 127 cm³/mol.